The van der Waals surface area contributed by atoms with Gasteiger partial charge in [-0.3, -0.25) is 0 Å². The number of benzene rings is 1. The molecule has 0 bridgehead atoms. The van der Waals surface area contributed by atoms with Gasteiger partial charge in [0.25, 0.3) is 0 Å². The largest absolute Gasteiger partial charge is 0.390 e. The maximum absolute atomic E-state index is 10.8. The van der Waals surface area contributed by atoms with Crippen molar-refractivity contribution in [3.05, 3.63) is 34.3 Å². The van der Waals surface area contributed by atoms with Crippen LogP contribution in [0.25, 0.3) is 0 Å². The Labute approximate surface area is 119 Å². The third kappa shape index (κ3) is 3.58. The number of rotatable bonds is 3. The highest BCUT2D eigenvalue weighted by Gasteiger charge is 2.35. The molecule has 2 unspecified atom stereocenters. The first kappa shape index (κ1) is 14.1. The first-order valence-corrected chi connectivity index (χ1v) is 7.75. The summed E-state index contributed by atoms with van der Waals surface area (Å²) in [5.74, 6) is 1.36. The molecule has 1 aliphatic rings. The molecule has 1 saturated carbocycles. The normalized spacial score (nSPS) is 28.6. The molecule has 0 aliphatic heterocycles. The van der Waals surface area contributed by atoms with Crippen LogP contribution in [-0.4, -0.2) is 10.7 Å². The van der Waals surface area contributed by atoms with E-state index in [9.17, 15) is 5.11 Å². The van der Waals surface area contributed by atoms with Crippen molar-refractivity contribution in [3.63, 3.8) is 0 Å². The van der Waals surface area contributed by atoms with Crippen LogP contribution in [-0.2, 0) is 6.42 Å². The number of hydrogen-bond acceptors (Lipinski definition) is 1. The molecule has 1 nitrogen and oxygen atoms in total. The minimum Gasteiger partial charge on any atom is -0.390 e. The monoisotopic (exact) mass is 310 g/mol. The molecule has 2 atom stereocenters. The number of halogens is 1. The summed E-state index contributed by atoms with van der Waals surface area (Å²) < 4.78 is 1.10. The summed E-state index contributed by atoms with van der Waals surface area (Å²) in [5, 5.41) is 10.8. The zero-order valence-electron chi connectivity index (χ0n) is 11.3. The lowest BCUT2D eigenvalue weighted by Crippen LogP contribution is -2.38. The molecule has 1 aromatic rings. The molecule has 1 aromatic carbocycles. The van der Waals surface area contributed by atoms with Gasteiger partial charge in [0.2, 0.25) is 0 Å². The summed E-state index contributed by atoms with van der Waals surface area (Å²) in [7, 11) is 0. The lowest BCUT2D eigenvalue weighted by Gasteiger charge is -2.38. The summed E-state index contributed by atoms with van der Waals surface area (Å²) in [6.07, 6.45) is 5.13. The maximum atomic E-state index is 10.8. The van der Waals surface area contributed by atoms with Crippen LogP contribution in [0.1, 0.15) is 45.1 Å². The van der Waals surface area contributed by atoms with Crippen LogP contribution in [0.15, 0.2) is 28.7 Å². The average molecular weight is 311 g/mol. The summed E-state index contributed by atoms with van der Waals surface area (Å²) in [4.78, 5) is 0. The van der Waals surface area contributed by atoms with Crippen molar-refractivity contribution in [2.75, 3.05) is 0 Å². The van der Waals surface area contributed by atoms with Gasteiger partial charge in [-0.05, 0) is 48.8 Å². The van der Waals surface area contributed by atoms with Gasteiger partial charge < -0.3 is 5.11 Å². The Morgan fingerprint density at radius 1 is 1.44 bits per heavy atom. The minimum atomic E-state index is -0.492. The summed E-state index contributed by atoms with van der Waals surface area (Å²) in [5.41, 5.74) is 0.741. The summed E-state index contributed by atoms with van der Waals surface area (Å²) in [6.45, 7) is 4.55. The van der Waals surface area contributed by atoms with Crippen molar-refractivity contribution in [1.82, 2.24) is 0 Å². The quantitative estimate of drug-likeness (QED) is 0.867. The van der Waals surface area contributed by atoms with Crippen LogP contribution >= 0.6 is 15.9 Å². The van der Waals surface area contributed by atoms with E-state index in [1.165, 1.54) is 12.0 Å². The molecular formula is C16H23BrO. The Morgan fingerprint density at radius 3 is 2.89 bits per heavy atom. The van der Waals surface area contributed by atoms with Gasteiger partial charge in [-0.15, -0.1) is 0 Å². The van der Waals surface area contributed by atoms with Crippen LogP contribution in [0.3, 0.4) is 0 Å². The lowest BCUT2D eigenvalue weighted by atomic mass is 9.71. The van der Waals surface area contributed by atoms with Crippen molar-refractivity contribution < 1.29 is 5.11 Å². The van der Waals surface area contributed by atoms with E-state index in [0.717, 1.165) is 30.2 Å². The van der Waals surface area contributed by atoms with Crippen LogP contribution in [0.2, 0.25) is 0 Å². The highest BCUT2D eigenvalue weighted by molar-refractivity contribution is 9.10. The van der Waals surface area contributed by atoms with Gasteiger partial charge in [0, 0.05) is 10.9 Å². The van der Waals surface area contributed by atoms with Crippen molar-refractivity contribution >= 4 is 15.9 Å². The summed E-state index contributed by atoms with van der Waals surface area (Å²) in [6, 6.07) is 8.32. The van der Waals surface area contributed by atoms with Crippen LogP contribution in [0.4, 0.5) is 0 Å². The standard InChI is InChI=1S/C16H23BrO/c1-12(2)14-6-4-8-16(18,11-14)10-13-5-3-7-15(17)9-13/h3,5,7,9,12,14,18H,4,6,8,10-11H2,1-2H3. The third-order valence-electron chi connectivity index (χ3n) is 4.22. The molecule has 0 heterocycles. The van der Waals surface area contributed by atoms with Gasteiger partial charge in [-0.2, -0.15) is 0 Å². The molecule has 0 saturated heterocycles. The van der Waals surface area contributed by atoms with Crippen LogP contribution in [0, 0.1) is 11.8 Å². The highest BCUT2D eigenvalue weighted by atomic mass is 79.9. The molecule has 0 radical (unpaired) electrons. The minimum absolute atomic E-state index is 0.492. The van der Waals surface area contributed by atoms with E-state index in [4.69, 9.17) is 0 Å². The van der Waals surface area contributed by atoms with E-state index in [-0.39, 0.29) is 0 Å². The molecule has 2 heteroatoms. The molecule has 2 rings (SSSR count). The molecule has 0 aromatic heterocycles. The van der Waals surface area contributed by atoms with Crippen molar-refractivity contribution in [2.45, 2.75) is 51.6 Å². The Kier molecular flexibility index (Phi) is 4.50. The van der Waals surface area contributed by atoms with Crippen LogP contribution in [0.5, 0.6) is 0 Å². The van der Waals surface area contributed by atoms with Gasteiger partial charge in [-0.25, -0.2) is 0 Å². The molecule has 100 valence electrons. The zero-order valence-corrected chi connectivity index (χ0v) is 12.9. The second-order valence-electron chi connectivity index (χ2n) is 6.13. The Balaban J connectivity index is 2.07. The van der Waals surface area contributed by atoms with E-state index in [0.29, 0.717) is 11.8 Å². The maximum Gasteiger partial charge on any atom is 0.0690 e. The first-order valence-electron chi connectivity index (χ1n) is 6.95. The van der Waals surface area contributed by atoms with E-state index in [1.807, 2.05) is 12.1 Å². The Bertz CT molecular complexity index is 402. The molecule has 0 amide bonds. The molecular weight excluding hydrogens is 288 g/mol. The lowest BCUT2D eigenvalue weighted by molar-refractivity contribution is -0.0239. The van der Waals surface area contributed by atoms with Gasteiger partial charge >= 0.3 is 0 Å². The second kappa shape index (κ2) is 5.75. The molecule has 1 aliphatic carbocycles. The third-order valence-corrected chi connectivity index (χ3v) is 4.72. The number of aliphatic hydroxyl groups is 1. The topological polar surface area (TPSA) is 20.2 Å². The number of hydrogen-bond donors (Lipinski definition) is 1. The predicted molar refractivity (Wildman–Crippen MR) is 79.6 cm³/mol. The fourth-order valence-corrected chi connectivity index (χ4v) is 3.59. The fourth-order valence-electron chi connectivity index (χ4n) is 3.14. The Hall–Kier alpha value is -0.340. The van der Waals surface area contributed by atoms with E-state index >= 15 is 0 Å². The van der Waals surface area contributed by atoms with Crippen molar-refractivity contribution in [2.24, 2.45) is 11.8 Å². The zero-order chi connectivity index (χ0) is 13.2. The Morgan fingerprint density at radius 2 is 2.22 bits per heavy atom. The van der Waals surface area contributed by atoms with E-state index in [1.54, 1.807) is 0 Å². The molecule has 18 heavy (non-hydrogen) atoms. The van der Waals surface area contributed by atoms with E-state index in [2.05, 4.69) is 41.9 Å². The predicted octanol–water partition coefficient (Wildman–Crippen LogP) is 4.57. The first-order chi connectivity index (χ1) is 8.48. The SMILES string of the molecule is CC(C)C1CCCC(O)(Cc2cccc(Br)c2)C1. The smallest absolute Gasteiger partial charge is 0.0690 e. The van der Waals surface area contributed by atoms with Gasteiger partial charge in [0.05, 0.1) is 5.60 Å². The molecule has 1 N–H and O–H groups in total. The van der Waals surface area contributed by atoms with Gasteiger partial charge in [-0.1, -0.05) is 48.3 Å². The fraction of sp³-hybridized carbons (Fsp3) is 0.625. The average Bonchev–Trinajstić information content (AvgIpc) is 2.28. The molecule has 1 fully saturated rings. The van der Waals surface area contributed by atoms with Gasteiger partial charge in [0.15, 0.2) is 0 Å². The van der Waals surface area contributed by atoms with Crippen molar-refractivity contribution in [3.8, 4) is 0 Å². The summed E-state index contributed by atoms with van der Waals surface area (Å²) >= 11 is 3.50. The van der Waals surface area contributed by atoms with Gasteiger partial charge in [0.1, 0.15) is 0 Å². The molecule has 0 spiro atoms. The van der Waals surface area contributed by atoms with Crippen LogP contribution < -0.4 is 0 Å². The second-order valence-corrected chi connectivity index (χ2v) is 7.05. The van der Waals surface area contributed by atoms with E-state index < -0.39 is 5.60 Å². The highest BCUT2D eigenvalue weighted by Crippen LogP contribution is 2.38. The van der Waals surface area contributed by atoms with Crippen molar-refractivity contribution in [1.29, 1.82) is 0 Å².